The topological polar surface area (TPSA) is 48.8 Å². The maximum absolute atomic E-state index is 13.4. The van der Waals surface area contributed by atoms with Gasteiger partial charge in [0, 0.05) is 35.6 Å². The molecule has 0 saturated heterocycles. The highest BCUT2D eigenvalue weighted by Gasteiger charge is 2.26. The minimum absolute atomic E-state index is 0.299. The molecule has 1 aromatic carbocycles. The van der Waals surface area contributed by atoms with Crippen LogP contribution in [0.1, 0.15) is 36.2 Å². The molecule has 0 aliphatic rings. The van der Waals surface area contributed by atoms with Gasteiger partial charge in [-0.2, -0.15) is 8.78 Å². The fourth-order valence-electron chi connectivity index (χ4n) is 2.35. The summed E-state index contributed by atoms with van der Waals surface area (Å²) in [5, 5.41) is 11.2. The number of hydrogen-bond acceptors (Lipinski definition) is 3. The van der Waals surface area contributed by atoms with E-state index < -0.39 is 5.92 Å². The molecule has 0 radical (unpaired) electrons. The quantitative estimate of drug-likeness (QED) is 0.679. The van der Waals surface area contributed by atoms with Crippen LogP contribution in [0.15, 0.2) is 55.3 Å². The van der Waals surface area contributed by atoms with Crippen LogP contribution in [0.5, 0.6) is 0 Å². The number of pyridine rings is 1. The first-order valence-corrected chi connectivity index (χ1v) is 7.85. The Labute approximate surface area is 146 Å². The zero-order valence-electron chi connectivity index (χ0n) is 14.5. The fraction of sp³-hybridized carbons (Fsp3) is 0.200. The van der Waals surface area contributed by atoms with Crippen molar-refractivity contribution in [2.75, 3.05) is 5.32 Å². The van der Waals surface area contributed by atoms with Crippen LogP contribution < -0.4 is 5.32 Å². The molecule has 0 saturated carbocycles. The Morgan fingerprint density at radius 2 is 2.00 bits per heavy atom. The average molecular weight is 341 g/mol. The lowest BCUT2D eigenvalue weighted by Gasteiger charge is -2.15. The molecule has 0 unspecified atom stereocenters. The van der Waals surface area contributed by atoms with Gasteiger partial charge in [0.1, 0.15) is 5.69 Å². The summed E-state index contributed by atoms with van der Waals surface area (Å²) >= 11 is 0. The van der Waals surface area contributed by atoms with Crippen molar-refractivity contribution in [1.82, 2.24) is 4.98 Å². The van der Waals surface area contributed by atoms with Crippen molar-refractivity contribution in [1.29, 1.82) is 5.41 Å². The number of benzene rings is 1. The largest absolute Gasteiger partial charge is 0.356 e. The zero-order valence-corrected chi connectivity index (χ0v) is 14.5. The molecule has 0 aliphatic carbocycles. The highest BCUT2D eigenvalue weighted by atomic mass is 19.3. The highest BCUT2D eigenvalue weighted by Crippen LogP contribution is 2.27. The second kappa shape index (κ2) is 7.38. The lowest BCUT2D eigenvalue weighted by Crippen LogP contribution is -2.10. The van der Waals surface area contributed by atoms with Gasteiger partial charge in [0.15, 0.2) is 0 Å². The Balaban J connectivity index is 2.27. The van der Waals surface area contributed by atoms with Gasteiger partial charge in [0.2, 0.25) is 0 Å². The van der Waals surface area contributed by atoms with Crippen LogP contribution >= 0.6 is 0 Å². The standard InChI is InChI=1S/C20H21F2N3/c1-5-6-18(23)17-12-16(8-7-13(17)2)25-14(3)15-9-10-24-19(11-15)20(4,21)22/h5-12,23,25H,3H2,1-2,4H3/b6-5-,23-18?. The van der Waals surface area contributed by atoms with Crippen molar-refractivity contribution in [3.8, 4) is 0 Å². The third-order valence-electron chi connectivity index (χ3n) is 3.71. The highest BCUT2D eigenvalue weighted by molar-refractivity contribution is 6.08. The minimum Gasteiger partial charge on any atom is -0.356 e. The van der Waals surface area contributed by atoms with E-state index >= 15 is 0 Å². The molecule has 2 N–H and O–H groups in total. The van der Waals surface area contributed by atoms with E-state index in [-0.39, 0.29) is 5.69 Å². The van der Waals surface area contributed by atoms with Crippen LogP contribution in [0.3, 0.4) is 0 Å². The monoisotopic (exact) mass is 341 g/mol. The second-order valence-corrected chi connectivity index (χ2v) is 5.87. The minimum atomic E-state index is -3.01. The number of rotatable bonds is 6. The molecule has 0 atom stereocenters. The van der Waals surface area contributed by atoms with Crippen molar-refractivity contribution in [3.05, 3.63) is 77.6 Å². The molecule has 0 bridgehead atoms. The van der Waals surface area contributed by atoms with Crippen LogP contribution in [0, 0.1) is 12.3 Å². The van der Waals surface area contributed by atoms with E-state index in [9.17, 15) is 8.78 Å². The Morgan fingerprint density at radius 3 is 2.64 bits per heavy atom. The van der Waals surface area contributed by atoms with Gasteiger partial charge in [-0.3, -0.25) is 4.98 Å². The summed E-state index contributed by atoms with van der Waals surface area (Å²) in [5.74, 6) is -3.01. The molecular formula is C20H21F2N3. The fourth-order valence-corrected chi connectivity index (χ4v) is 2.35. The lowest BCUT2D eigenvalue weighted by atomic mass is 10.0. The molecule has 2 aromatic rings. The van der Waals surface area contributed by atoms with E-state index in [0.29, 0.717) is 17.0 Å². The number of alkyl halides is 2. The zero-order chi connectivity index (χ0) is 18.6. The van der Waals surface area contributed by atoms with Gasteiger partial charge >= 0.3 is 0 Å². The molecule has 25 heavy (non-hydrogen) atoms. The van der Waals surface area contributed by atoms with Crippen LogP contribution in [-0.2, 0) is 5.92 Å². The number of halogens is 2. The molecule has 0 fully saturated rings. The third kappa shape index (κ3) is 4.59. The van der Waals surface area contributed by atoms with Crippen LogP contribution in [0.25, 0.3) is 5.70 Å². The summed E-state index contributed by atoms with van der Waals surface area (Å²) in [6.07, 6.45) is 4.88. The first-order valence-electron chi connectivity index (χ1n) is 7.85. The maximum atomic E-state index is 13.4. The molecule has 3 nitrogen and oxygen atoms in total. The average Bonchev–Trinajstić information content (AvgIpc) is 2.56. The maximum Gasteiger partial charge on any atom is 0.286 e. The van der Waals surface area contributed by atoms with Crippen LogP contribution in [0.4, 0.5) is 14.5 Å². The first kappa shape index (κ1) is 18.5. The van der Waals surface area contributed by atoms with E-state index in [2.05, 4.69) is 16.9 Å². The SMILES string of the molecule is C=C(Nc1ccc(C)c(C(=N)/C=C\C)c1)c1ccnc(C(C)(F)F)c1. The molecule has 130 valence electrons. The molecule has 0 spiro atoms. The smallest absolute Gasteiger partial charge is 0.286 e. The number of anilines is 1. The number of aryl methyl sites for hydroxylation is 1. The first-order chi connectivity index (χ1) is 11.7. The van der Waals surface area contributed by atoms with Crippen LogP contribution in [-0.4, -0.2) is 10.7 Å². The van der Waals surface area contributed by atoms with E-state index in [0.717, 1.165) is 23.7 Å². The molecule has 1 heterocycles. The molecular weight excluding hydrogens is 320 g/mol. The molecule has 5 heteroatoms. The molecule has 1 aromatic heterocycles. The van der Waals surface area contributed by atoms with Gasteiger partial charge in [-0.15, -0.1) is 0 Å². The summed E-state index contributed by atoms with van der Waals surface area (Å²) in [4.78, 5) is 3.71. The van der Waals surface area contributed by atoms with Gasteiger partial charge in [0.25, 0.3) is 5.92 Å². The number of hydrogen-bond donors (Lipinski definition) is 2. The van der Waals surface area contributed by atoms with Crippen molar-refractivity contribution in [2.45, 2.75) is 26.7 Å². The van der Waals surface area contributed by atoms with Crippen molar-refractivity contribution in [3.63, 3.8) is 0 Å². The van der Waals surface area contributed by atoms with Gasteiger partial charge < -0.3 is 10.7 Å². The summed E-state index contributed by atoms with van der Waals surface area (Å²) in [7, 11) is 0. The Morgan fingerprint density at radius 1 is 1.28 bits per heavy atom. The van der Waals surface area contributed by atoms with Gasteiger partial charge in [-0.25, -0.2) is 0 Å². The number of nitrogens with zero attached hydrogens (tertiary/aromatic N) is 1. The van der Waals surface area contributed by atoms with E-state index in [1.54, 1.807) is 12.1 Å². The predicted molar refractivity (Wildman–Crippen MR) is 99.3 cm³/mol. The van der Waals surface area contributed by atoms with E-state index in [1.807, 2.05) is 38.1 Å². The Kier molecular flexibility index (Phi) is 5.47. The summed E-state index contributed by atoms with van der Waals surface area (Å²) in [6.45, 7) is 8.53. The van der Waals surface area contributed by atoms with Crippen molar-refractivity contribution >= 4 is 17.1 Å². The number of aromatic nitrogens is 1. The summed E-state index contributed by atoms with van der Waals surface area (Å²) in [5.41, 5.74) is 3.65. The van der Waals surface area contributed by atoms with Gasteiger partial charge in [0.05, 0.1) is 5.71 Å². The Hall–Kier alpha value is -2.82. The normalized spacial score (nSPS) is 11.6. The lowest BCUT2D eigenvalue weighted by molar-refractivity contribution is 0.0127. The van der Waals surface area contributed by atoms with Gasteiger partial charge in [-0.05, 0) is 49.8 Å². The Bertz CT molecular complexity index is 833. The molecule has 0 amide bonds. The van der Waals surface area contributed by atoms with E-state index in [1.165, 1.54) is 12.3 Å². The van der Waals surface area contributed by atoms with E-state index in [4.69, 9.17) is 5.41 Å². The van der Waals surface area contributed by atoms with Gasteiger partial charge in [-0.1, -0.05) is 18.7 Å². The molecule has 0 aliphatic heterocycles. The van der Waals surface area contributed by atoms with Crippen LogP contribution in [0.2, 0.25) is 0 Å². The third-order valence-corrected chi connectivity index (χ3v) is 3.71. The number of allylic oxidation sites excluding steroid dienone is 2. The second-order valence-electron chi connectivity index (χ2n) is 5.87. The van der Waals surface area contributed by atoms with Crippen molar-refractivity contribution < 1.29 is 8.78 Å². The van der Waals surface area contributed by atoms with Crippen molar-refractivity contribution in [2.24, 2.45) is 0 Å². The summed E-state index contributed by atoms with van der Waals surface area (Å²) in [6, 6.07) is 8.57. The summed E-state index contributed by atoms with van der Waals surface area (Å²) < 4.78 is 26.9. The molecule has 2 rings (SSSR count). The number of nitrogens with one attached hydrogen (secondary N) is 2. The predicted octanol–water partition coefficient (Wildman–Crippen LogP) is 5.53.